The van der Waals surface area contributed by atoms with Crippen molar-refractivity contribution in [1.29, 1.82) is 0 Å². The van der Waals surface area contributed by atoms with Crippen molar-refractivity contribution < 1.29 is 35.8 Å². The Kier molecular flexibility index (Phi) is 7.65. The van der Waals surface area contributed by atoms with E-state index in [1.54, 1.807) is 6.07 Å². The van der Waals surface area contributed by atoms with Gasteiger partial charge in [0.15, 0.2) is 0 Å². The van der Waals surface area contributed by atoms with Crippen LogP contribution < -0.4 is 20.1 Å². The van der Waals surface area contributed by atoms with Crippen molar-refractivity contribution in [2.75, 3.05) is 17.7 Å². The summed E-state index contributed by atoms with van der Waals surface area (Å²) in [7, 11) is 1.15. The average Bonchev–Trinajstić information content (AvgIpc) is 2.83. The van der Waals surface area contributed by atoms with E-state index in [-0.39, 0.29) is 34.9 Å². The van der Waals surface area contributed by atoms with E-state index >= 15 is 0 Å². The minimum absolute atomic E-state index is 0.0931. The zero-order valence-corrected chi connectivity index (χ0v) is 19.7. The third-order valence-corrected chi connectivity index (χ3v) is 5.81. The lowest BCUT2D eigenvalue weighted by atomic mass is 9.96. The molecule has 2 N–H and O–H groups in total. The van der Waals surface area contributed by atoms with E-state index in [0.29, 0.717) is 5.56 Å². The maximum Gasteiger partial charge on any atom is 0.573 e. The van der Waals surface area contributed by atoms with Crippen molar-refractivity contribution in [1.82, 2.24) is 9.97 Å². The molecule has 1 fully saturated rings. The molecule has 12 heteroatoms. The molecule has 1 aliphatic rings. The fourth-order valence-electron chi connectivity index (χ4n) is 4.16. The van der Waals surface area contributed by atoms with Gasteiger partial charge in [-0.15, -0.1) is 13.2 Å². The topological polar surface area (TPSA) is 68.3 Å². The number of hydrogen-bond donors (Lipinski definition) is 2. The molecule has 2 aromatic carbocycles. The van der Waals surface area contributed by atoms with E-state index in [9.17, 15) is 26.3 Å². The van der Waals surface area contributed by atoms with Gasteiger partial charge >= 0.3 is 12.5 Å². The molecule has 0 atom stereocenters. The van der Waals surface area contributed by atoms with Gasteiger partial charge < -0.3 is 20.1 Å². The van der Waals surface area contributed by atoms with Crippen LogP contribution in [0.1, 0.15) is 37.7 Å². The van der Waals surface area contributed by atoms with E-state index in [4.69, 9.17) is 4.74 Å². The highest BCUT2D eigenvalue weighted by atomic mass is 19.4. The smallest absolute Gasteiger partial charge is 0.496 e. The first-order chi connectivity index (χ1) is 17.5. The quantitative estimate of drug-likeness (QED) is 0.310. The van der Waals surface area contributed by atoms with Crippen LogP contribution in [0, 0.1) is 0 Å². The molecule has 198 valence electrons. The predicted molar refractivity (Wildman–Crippen MR) is 126 cm³/mol. The summed E-state index contributed by atoms with van der Waals surface area (Å²) in [6, 6.07) is 10.3. The number of anilines is 3. The third kappa shape index (κ3) is 7.17. The molecule has 6 nitrogen and oxygen atoms in total. The summed E-state index contributed by atoms with van der Waals surface area (Å²) in [6.07, 6.45) is -4.52. The summed E-state index contributed by atoms with van der Waals surface area (Å²) in [6.45, 7) is 0. The minimum Gasteiger partial charge on any atom is -0.496 e. The Labute approximate surface area is 209 Å². The lowest BCUT2D eigenvalue weighted by molar-refractivity contribution is -0.274. The van der Waals surface area contributed by atoms with Gasteiger partial charge in [0.05, 0.1) is 18.4 Å². The van der Waals surface area contributed by atoms with Crippen LogP contribution >= 0.6 is 0 Å². The largest absolute Gasteiger partial charge is 0.573 e. The van der Waals surface area contributed by atoms with Crippen molar-refractivity contribution in [3.63, 3.8) is 0 Å². The summed E-state index contributed by atoms with van der Waals surface area (Å²) in [5.74, 6) is -0.394. The Bertz CT molecular complexity index is 1230. The Morgan fingerprint density at radius 1 is 0.892 bits per heavy atom. The van der Waals surface area contributed by atoms with Crippen LogP contribution in [0.4, 0.5) is 43.8 Å². The second-order valence-corrected chi connectivity index (χ2v) is 8.55. The molecule has 0 amide bonds. The van der Waals surface area contributed by atoms with Gasteiger partial charge in [0.25, 0.3) is 0 Å². The number of nitrogens with zero attached hydrogens (tertiary/aromatic N) is 2. The van der Waals surface area contributed by atoms with Crippen LogP contribution in [-0.4, -0.2) is 29.5 Å². The molecule has 1 aliphatic carbocycles. The van der Waals surface area contributed by atoms with Gasteiger partial charge in [-0.05, 0) is 43.2 Å². The number of aromatic nitrogens is 2. The van der Waals surface area contributed by atoms with Crippen LogP contribution in [0.5, 0.6) is 11.5 Å². The molecule has 0 aliphatic heterocycles. The van der Waals surface area contributed by atoms with Crippen molar-refractivity contribution in [3.8, 4) is 22.8 Å². The molecule has 4 rings (SSSR count). The Hall–Kier alpha value is -3.70. The highest BCUT2D eigenvalue weighted by molar-refractivity contribution is 5.69. The highest BCUT2D eigenvalue weighted by Crippen LogP contribution is 2.38. The van der Waals surface area contributed by atoms with Gasteiger partial charge in [-0.25, -0.2) is 4.98 Å². The van der Waals surface area contributed by atoms with Crippen molar-refractivity contribution in [3.05, 3.63) is 54.1 Å². The highest BCUT2D eigenvalue weighted by Gasteiger charge is 2.34. The molecular formula is C25H24F6N4O2. The SMILES string of the molecule is COc1ccc(Nc2cc(-c3cccc(OC(F)(F)F)c3)nc(NC3CCCCC3)n2)cc1C(F)(F)F. The van der Waals surface area contributed by atoms with E-state index in [1.807, 2.05) is 0 Å². The van der Waals surface area contributed by atoms with Gasteiger partial charge in [-0.1, -0.05) is 31.4 Å². The number of hydrogen-bond acceptors (Lipinski definition) is 6. The Morgan fingerprint density at radius 3 is 2.32 bits per heavy atom. The monoisotopic (exact) mass is 526 g/mol. The fourth-order valence-corrected chi connectivity index (χ4v) is 4.16. The Morgan fingerprint density at radius 2 is 1.65 bits per heavy atom. The van der Waals surface area contributed by atoms with Gasteiger partial charge in [0, 0.05) is 23.4 Å². The molecule has 1 aromatic heterocycles. The molecular weight excluding hydrogens is 502 g/mol. The van der Waals surface area contributed by atoms with Gasteiger partial charge in [-0.3, -0.25) is 0 Å². The zero-order chi connectivity index (χ0) is 26.6. The molecule has 0 bridgehead atoms. The van der Waals surface area contributed by atoms with Crippen molar-refractivity contribution in [2.45, 2.75) is 50.7 Å². The molecule has 0 unspecified atom stereocenters. The summed E-state index contributed by atoms with van der Waals surface area (Å²) >= 11 is 0. The van der Waals surface area contributed by atoms with Crippen LogP contribution in [0.3, 0.4) is 0 Å². The number of methoxy groups -OCH3 is 1. The number of halogens is 6. The van der Waals surface area contributed by atoms with Gasteiger partial charge in [0.1, 0.15) is 17.3 Å². The molecule has 1 saturated carbocycles. The summed E-state index contributed by atoms with van der Waals surface area (Å²) in [5.41, 5.74) is -0.306. The number of benzene rings is 2. The minimum atomic E-state index is -4.87. The van der Waals surface area contributed by atoms with Crippen LogP contribution in [0.2, 0.25) is 0 Å². The third-order valence-electron chi connectivity index (χ3n) is 5.81. The first-order valence-electron chi connectivity index (χ1n) is 11.5. The second kappa shape index (κ2) is 10.7. The second-order valence-electron chi connectivity index (χ2n) is 8.55. The van der Waals surface area contributed by atoms with E-state index in [1.165, 1.54) is 30.3 Å². The maximum absolute atomic E-state index is 13.5. The van der Waals surface area contributed by atoms with Crippen molar-refractivity contribution >= 4 is 17.5 Å². The average molecular weight is 526 g/mol. The lowest BCUT2D eigenvalue weighted by Crippen LogP contribution is -2.23. The first kappa shape index (κ1) is 26.4. The van der Waals surface area contributed by atoms with Crippen LogP contribution in [0.15, 0.2) is 48.5 Å². The molecule has 37 heavy (non-hydrogen) atoms. The summed E-state index contributed by atoms with van der Waals surface area (Å²) in [4.78, 5) is 8.87. The molecule has 3 aromatic rings. The lowest BCUT2D eigenvalue weighted by Gasteiger charge is -2.23. The number of rotatable bonds is 7. The Balaban J connectivity index is 1.70. The van der Waals surface area contributed by atoms with E-state index in [2.05, 4.69) is 25.3 Å². The van der Waals surface area contributed by atoms with Crippen LogP contribution in [-0.2, 0) is 6.18 Å². The maximum atomic E-state index is 13.5. The number of alkyl halides is 6. The van der Waals surface area contributed by atoms with Gasteiger partial charge in [-0.2, -0.15) is 18.2 Å². The molecule has 0 saturated heterocycles. The van der Waals surface area contributed by atoms with E-state index < -0.39 is 23.9 Å². The molecule has 1 heterocycles. The van der Waals surface area contributed by atoms with Gasteiger partial charge in [0.2, 0.25) is 5.95 Å². The summed E-state index contributed by atoms with van der Waals surface area (Å²) in [5, 5.41) is 6.10. The normalized spacial score (nSPS) is 14.8. The number of ether oxygens (including phenoxy) is 2. The van der Waals surface area contributed by atoms with Crippen molar-refractivity contribution in [2.24, 2.45) is 0 Å². The number of nitrogens with one attached hydrogen (secondary N) is 2. The fraction of sp³-hybridized carbons (Fsp3) is 0.360. The first-order valence-corrected chi connectivity index (χ1v) is 11.5. The van der Waals surface area contributed by atoms with E-state index in [0.717, 1.165) is 51.3 Å². The zero-order valence-electron chi connectivity index (χ0n) is 19.7. The summed E-state index contributed by atoms with van der Waals surface area (Å²) < 4.78 is 87.5. The predicted octanol–water partition coefficient (Wildman–Crippen LogP) is 7.56. The molecule has 0 radical (unpaired) electrons. The van der Waals surface area contributed by atoms with Crippen LogP contribution in [0.25, 0.3) is 11.3 Å². The molecule has 0 spiro atoms. The standard InChI is InChI=1S/C25H24F6N4O2/c1-36-21-11-10-17(13-19(21)24(26,27)28)32-22-14-20(15-6-5-9-18(12-15)37-25(29,30)31)34-23(35-22)33-16-7-3-2-4-8-16/h5-6,9-14,16H,2-4,7-8H2,1H3,(H2,32,33,34,35).